The first-order chi connectivity index (χ1) is 10.9. The van der Waals surface area contributed by atoms with Gasteiger partial charge in [-0.2, -0.15) is 0 Å². The van der Waals surface area contributed by atoms with E-state index < -0.39 is 5.60 Å². The molecule has 128 valence electrons. The molecule has 0 aliphatic carbocycles. The van der Waals surface area contributed by atoms with Gasteiger partial charge in [-0.15, -0.1) is 0 Å². The van der Waals surface area contributed by atoms with Crippen LogP contribution in [0.5, 0.6) is 0 Å². The van der Waals surface area contributed by atoms with Gasteiger partial charge in [0, 0.05) is 19.7 Å². The van der Waals surface area contributed by atoms with Crippen LogP contribution in [0.15, 0.2) is 30.3 Å². The smallest absolute Gasteiger partial charge is 0.422 e. The predicted octanol–water partition coefficient (Wildman–Crippen LogP) is 3.35. The fraction of sp³-hybridized carbons (Fsp3) is 0.611. The number of hydrogen-bond acceptors (Lipinski definition) is 4. The maximum Gasteiger partial charge on any atom is 0.422 e. The molecule has 1 saturated heterocycles. The van der Waals surface area contributed by atoms with Gasteiger partial charge in [0.25, 0.3) is 0 Å². The van der Waals surface area contributed by atoms with E-state index in [1.165, 1.54) is 5.56 Å². The predicted molar refractivity (Wildman–Crippen MR) is 89.8 cm³/mol. The Kier molecular flexibility index (Phi) is 6.42. The van der Waals surface area contributed by atoms with E-state index in [1.807, 2.05) is 44.0 Å². The standard InChI is InChI=1S/C18H28N2O3/c1-18(2,3)23-17(21)19-20-11-9-16(10-12-20)14-22-13-15-7-5-4-6-8-15/h4-8,16H,9-14H2,1-3H3,(H,19,21). The molecule has 1 heterocycles. The van der Waals surface area contributed by atoms with Crippen molar-refractivity contribution in [3.63, 3.8) is 0 Å². The van der Waals surface area contributed by atoms with Crippen LogP contribution in [0.25, 0.3) is 0 Å². The number of nitrogens with zero attached hydrogens (tertiary/aromatic N) is 1. The van der Waals surface area contributed by atoms with Crippen molar-refractivity contribution < 1.29 is 14.3 Å². The van der Waals surface area contributed by atoms with Crippen LogP contribution in [-0.2, 0) is 16.1 Å². The van der Waals surface area contributed by atoms with E-state index in [0.29, 0.717) is 12.5 Å². The van der Waals surface area contributed by atoms with Crippen LogP contribution in [0.4, 0.5) is 4.79 Å². The lowest BCUT2D eigenvalue weighted by atomic mass is 9.99. The van der Waals surface area contributed by atoms with Gasteiger partial charge in [0.05, 0.1) is 6.61 Å². The van der Waals surface area contributed by atoms with Gasteiger partial charge in [-0.3, -0.25) is 5.43 Å². The van der Waals surface area contributed by atoms with E-state index in [9.17, 15) is 4.79 Å². The first kappa shape index (κ1) is 17.8. The summed E-state index contributed by atoms with van der Waals surface area (Å²) in [5, 5.41) is 1.93. The number of carbonyl (C=O) groups is 1. The van der Waals surface area contributed by atoms with Gasteiger partial charge in [0.15, 0.2) is 0 Å². The van der Waals surface area contributed by atoms with E-state index in [1.54, 1.807) is 0 Å². The molecule has 23 heavy (non-hydrogen) atoms. The second kappa shape index (κ2) is 8.31. The summed E-state index contributed by atoms with van der Waals surface area (Å²) in [6, 6.07) is 10.2. The number of ether oxygens (including phenoxy) is 2. The van der Waals surface area contributed by atoms with Crippen molar-refractivity contribution in [2.24, 2.45) is 5.92 Å². The Morgan fingerprint density at radius 1 is 1.22 bits per heavy atom. The maximum absolute atomic E-state index is 11.7. The molecule has 5 heteroatoms. The summed E-state index contributed by atoms with van der Waals surface area (Å²) < 4.78 is 11.1. The molecule has 0 atom stereocenters. The molecule has 1 N–H and O–H groups in total. The van der Waals surface area contributed by atoms with Crippen LogP contribution >= 0.6 is 0 Å². The number of benzene rings is 1. The highest BCUT2D eigenvalue weighted by molar-refractivity contribution is 5.67. The molecule has 0 bridgehead atoms. The average Bonchev–Trinajstić information content (AvgIpc) is 2.48. The Hall–Kier alpha value is -1.59. The monoisotopic (exact) mass is 320 g/mol. The molecule has 1 aliphatic heterocycles. The zero-order valence-electron chi connectivity index (χ0n) is 14.4. The van der Waals surface area contributed by atoms with Gasteiger partial charge in [0.1, 0.15) is 5.60 Å². The minimum Gasteiger partial charge on any atom is -0.443 e. The molecule has 0 aromatic heterocycles. The molecular weight excluding hydrogens is 292 g/mol. The topological polar surface area (TPSA) is 50.8 Å². The van der Waals surface area contributed by atoms with Crippen molar-refractivity contribution in [1.82, 2.24) is 10.4 Å². The van der Waals surface area contributed by atoms with Crippen molar-refractivity contribution in [3.05, 3.63) is 35.9 Å². The molecule has 1 aromatic carbocycles. The number of piperidine rings is 1. The van der Waals surface area contributed by atoms with E-state index in [2.05, 4.69) is 17.6 Å². The number of carbonyl (C=O) groups excluding carboxylic acids is 1. The third kappa shape index (κ3) is 7.01. The minimum atomic E-state index is -0.465. The van der Waals surface area contributed by atoms with Crippen LogP contribution in [0.2, 0.25) is 0 Å². The van der Waals surface area contributed by atoms with E-state index in [4.69, 9.17) is 9.47 Å². The first-order valence-electron chi connectivity index (χ1n) is 8.28. The fourth-order valence-corrected chi connectivity index (χ4v) is 2.56. The van der Waals surface area contributed by atoms with Crippen LogP contribution in [0, 0.1) is 5.92 Å². The second-order valence-corrected chi connectivity index (χ2v) is 7.04. The Morgan fingerprint density at radius 3 is 2.48 bits per heavy atom. The normalized spacial score (nSPS) is 17.0. The van der Waals surface area contributed by atoms with Crippen LogP contribution < -0.4 is 5.43 Å². The molecule has 1 aliphatic rings. The lowest BCUT2D eigenvalue weighted by Crippen LogP contribution is -2.48. The summed E-state index contributed by atoms with van der Waals surface area (Å²) in [7, 11) is 0. The lowest BCUT2D eigenvalue weighted by Gasteiger charge is -2.32. The van der Waals surface area contributed by atoms with Gasteiger partial charge < -0.3 is 9.47 Å². The molecule has 0 saturated carbocycles. The van der Waals surface area contributed by atoms with Crippen molar-refractivity contribution in [1.29, 1.82) is 0 Å². The van der Waals surface area contributed by atoms with Gasteiger partial charge in [-0.1, -0.05) is 30.3 Å². The third-order valence-corrected chi connectivity index (χ3v) is 3.73. The fourth-order valence-electron chi connectivity index (χ4n) is 2.56. The van der Waals surface area contributed by atoms with Crippen molar-refractivity contribution in [2.45, 2.75) is 45.8 Å². The summed E-state index contributed by atoms with van der Waals surface area (Å²) in [6.45, 7) is 8.69. The largest absolute Gasteiger partial charge is 0.443 e. The van der Waals surface area contributed by atoms with Crippen LogP contribution in [0.1, 0.15) is 39.2 Å². The van der Waals surface area contributed by atoms with Gasteiger partial charge in [-0.05, 0) is 45.1 Å². The SMILES string of the molecule is CC(C)(C)OC(=O)NN1CCC(COCc2ccccc2)CC1. The summed E-state index contributed by atoms with van der Waals surface area (Å²) in [5.41, 5.74) is 3.55. The number of amides is 1. The van der Waals surface area contributed by atoms with Gasteiger partial charge in [-0.25, -0.2) is 9.80 Å². The van der Waals surface area contributed by atoms with Crippen molar-refractivity contribution in [3.8, 4) is 0 Å². The number of rotatable bonds is 5. The lowest BCUT2D eigenvalue weighted by molar-refractivity contribution is 0.0166. The maximum atomic E-state index is 11.7. The zero-order chi connectivity index (χ0) is 16.7. The van der Waals surface area contributed by atoms with E-state index in [-0.39, 0.29) is 6.09 Å². The highest BCUT2D eigenvalue weighted by Gasteiger charge is 2.23. The van der Waals surface area contributed by atoms with Crippen molar-refractivity contribution in [2.75, 3.05) is 19.7 Å². The highest BCUT2D eigenvalue weighted by Crippen LogP contribution is 2.17. The minimum absolute atomic E-state index is 0.378. The molecule has 2 rings (SSSR count). The highest BCUT2D eigenvalue weighted by atomic mass is 16.6. The van der Waals surface area contributed by atoms with Crippen molar-refractivity contribution >= 4 is 6.09 Å². The van der Waals surface area contributed by atoms with Gasteiger partial charge >= 0.3 is 6.09 Å². The third-order valence-electron chi connectivity index (χ3n) is 3.73. The Bertz CT molecular complexity index is 477. The van der Waals surface area contributed by atoms with Crippen LogP contribution in [0.3, 0.4) is 0 Å². The van der Waals surface area contributed by atoms with Crippen LogP contribution in [-0.4, -0.2) is 36.4 Å². The Labute approximate surface area is 138 Å². The number of hydrogen-bond donors (Lipinski definition) is 1. The summed E-state index contributed by atoms with van der Waals surface area (Å²) >= 11 is 0. The molecule has 5 nitrogen and oxygen atoms in total. The Balaban J connectivity index is 1.61. The number of nitrogens with one attached hydrogen (secondary N) is 1. The second-order valence-electron chi connectivity index (χ2n) is 7.04. The molecule has 1 amide bonds. The quantitative estimate of drug-likeness (QED) is 0.904. The molecule has 0 unspecified atom stereocenters. The molecule has 0 spiro atoms. The number of hydrazine groups is 1. The summed E-state index contributed by atoms with van der Waals surface area (Å²) in [6.07, 6.45) is 1.66. The summed E-state index contributed by atoms with van der Waals surface area (Å²) in [5.74, 6) is 0.551. The molecule has 1 fully saturated rings. The van der Waals surface area contributed by atoms with Gasteiger partial charge in [0.2, 0.25) is 0 Å². The summed E-state index contributed by atoms with van der Waals surface area (Å²) in [4.78, 5) is 11.7. The van der Waals surface area contributed by atoms with E-state index >= 15 is 0 Å². The average molecular weight is 320 g/mol. The molecular formula is C18H28N2O3. The molecule has 0 radical (unpaired) electrons. The molecule has 1 aromatic rings. The van der Waals surface area contributed by atoms with E-state index in [0.717, 1.165) is 32.5 Å². The zero-order valence-corrected chi connectivity index (χ0v) is 14.4. The first-order valence-corrected chi connectivity index (χ1v) is 8.28. The Morgan fingerprint density at radius 2 is 1.87 bits per heavy atom.